The molecule has 0 aromatic rings. The summed E-state index contributed by atoms with van der Waals surface area (Å²) in [5.41, 5.74) is 0. The van der Waals surface area contributed by atoms with Crippen molar-refractivity contribution in [2.75, 3.05) is 13.2 Å². The maximum absolute atomic E-state index is 12.9. The van der Waals surface area contributed by atoms with E-state index in [9.17, 15) is 14.4 Å². The van der Waals surface area contributed by atoms with E-state index in [-0.39, 0.29) is 31.1 Å². The van der Waals surface area contributed by atoms with Crippen LogP contribution in [-0.2, 0) is 28.6 Å². The molecule has 0 aliphatic carbocycles. The molecular formula is C63H108O6. The Morgan fingerprint density at radius 2 is 0.565 bits per heavy atom. The molecule has 0 aliphatic rings. The second-order valence-corrected chi connectivity index (χ2v) is 19.2. The molecule has 0 aromatic heterocycles. The highest BCUT2D eigenvalue weighted by molar-refractivity contribution is 5.71. The molecule has 6 nitrogen and oxygen atoms in total. The highest BCUT2D eigenvalue weighted by atomic mass is 16.6. The SMILES string of the molecule is CC/C=C\C/C=C\C/C=C\C/C=C\C/C=C\CCCCCC(=O)OCC(COC(=O)CCCCCCCCC/C=C\CCCCCC)OC(=O)CCCCCCCCC/C=C\CCCCCCCC. The molecule has 0 heterocycles. The van der Waals surface area contributed by atoms with Crippen LogP contribution in [0.3, 0.4) is 0 Å². The predicted octanol–water partition coefficient (Wildman–Crippen LogP) is 19.5. The minimum absolute atomic E-state index is 0.0908. The van der Waals surface area contributed by atoms with Gasteiger partial charge in [0, 0.05) is 19.3 Å². The Hall–Kier alpha value is -3.41. The number of allylic oxidation sites excluding steroid dienone is 14. The van der Waals surface area contributed by atoms with Crippen LogP contribution in [0, 0.1) is 0 Å². The van der Waals surface area contributed by atoms with Crippen LogP contribution in [0.2, 0.25) is 0 Å². The third-order valence-electron chi connectivity index (χ3n) is 12.4. The van der Waals surface area contributed by atoms with Crippen LogP contribution in [0.25, 0.3) is 0 Å². The lowest BCUT2D eigenvalue weighted by atomic mass is 10.1. The normalized spacial score (nSPS) is 12.7. The third kappa shape index (κ3) is 55.4. The fraction of sp³-hybridized carbons (Fsp3) is 0.730. The zero-order chi connectivity index (χ0) is 50.0. The Morgan fingerprint density at radius 3 is 0.928 bits per heavy atom. The lowest BCUT2D eigenvalue weighted by Crippen LogP contribution is -2.30. The van der Waals surface area contributed by atoms with Gasteiger partial charge in [-0.25, -0.2) is 0 Å². The van der Waals surface area contributed by atoms with Crippen molar-refractivity contribution in [2.45, 2.75) is 284 Å². The molecule has 0 N–H and O–H groups in total. The van der Waals surface area contributed by atoms with Crippen molar-refractivity contribution in [3.8, 4) is 0 Å². The third-order valence-corrected chi connectivity index (χ3v) is 12.4. The van der Waals surface area contributed by atoms with Gasteiger partial charge in [0.05, 0.1) is 0 Å². The van der Waals surface area contributed by atoms with E-state index in [1.807, 2.05) is 0 Å². The number of hydrogen-bond donors (Lipinski definition) is 0. The van der Waals surface area contributed by atoms with E-state index < -0.39 is 6.10 Å². The lowest BCUT2D eigenvalue weighted by molar-refractivity contribution is -0.167. The fourth-order valence-corrected chi connectivity index (χ4v) is 7.99. The van der Waals surface area contributed by atoms with Crippen LogP contribution >= 0.6 is 0 Å². The van der Waals surface area contributed by atoms with Crippen molar-refractivity contribution in [3.05, 3.63) is 85.1 Å². The number of rotatable bonds is 52. The quantitative estimate of drug-likeness (QED) is 0.0262. The Labute approximate surface area is 426 Å². The lowest BCUT2D eigenvalue weighted by Gasteiger charge is -2.18. The number of carbonyl (C=O) groups excluding carboxylic acids is 3. The molecule has 0 aliphatic heterocycles. The first-order valence-electron chi connectivity index (χ1n) is 29.1. The van der Waals surface area contributed by atoms with Gasteiger partial charge < -0.3 is 14.2 Å². The van der Waals surface area contributed by atoms with Gasteiger partial charge in [-0.15, -0.1) is 0 Å². The van der Waals surface area contributed by atoms with Gasteiger partial charge in [-0.05, 0) is 116 Å². The van der Waals surface area contributed by atoms with E-state index in [4.69, 9.17) is 14.2 Å². The van der Waals surface area contributed by atoms with Crippen molar-refractivity contribution in [2.24, 2.45) is 0 Å². The Bertz CT molecular complexity index is 1330. The van der Waals surface area contributed by atoms with Gasteiger partial charge in [-0.1, -0.05) is 228 Å². The van der Waals surface area contributed by atoms with Gasteiger partial charge in [-0.2, -0.15) is 0 Å². The van der Waals surface area contributed by atoms with E-state index in [2.05, 4.69) is 106 Å². The molecule has 1 atom stereocenters. The Balaban J connectivity index is 4.45. The zero-order valence-electron chi connectivity index (χ0n) is 45.3. The van der Waals surface area contributed by atoms with Crippen molar-refractivity contribution < 1.29 is 28.6 Å². The summed E-state index contributed by atoms with van der Waals surface area (Å²) < 4.78 is 16.9. The Morgan fingerprint density at radius 1 is 0.304 bits per heavy atom. The summed E-state index contributed by atoms with van der Waals surface area (Å²) in [7, 11) is 0. The van der Waals surface area contributed by atoms with Gasteiger partial charge in [0.25, 0.3) is 0 Å². The molecule has 0 saturated heterocycles. The average molecular weight is 962 g/mol. The molecule has 69 heavy (non-hydrogen) atoms. The van der Waals surface area contributed by atoms with Crippen LogP contribution in [0.4, 0.5) is 0 Å². The fourth-order valence-electron chi connectivity index (χ4n) is 7.99. The maximum Gasteiger partial charge on any atom is 0.306 e. The molecule has 0 radical (unpaired) electrons. The van der Waals surface area contributed by atoms with Crippen molar-refractivity contribution in [3.63, 3.8) is 0 Å². The monoisotopic (exact) mass is 961 g/mol. The van der Waals surface area contributed by atoms with Gasteiger partial charge in [0.1, 0.15) is 13.2 Å². The molecule has 1 unspecified atom stereocenters. The smallest absolute Gasteiger partial charge is 0.306 e. The van der Waals surface area contributed by atoms with Gasteiger partial charge in [0.2, 0.25) is 0 Å². The summed E-state index contributed by atoms with van der Waals surface area (Å²) in [6.07, 6.45) is 74.2. The molecule has 0 spiro atoms. The predicted molar refractivity (Wildman–Crippen MR) is 297 cm³/mol. The second-order valence-electron chi connectivity index (χ2n) is 19.2. The van der Waals surface area contributed by atoms with E-state index >= 15 is 0 Å². The largest absolute Gasteiger partial charge is 0.462 e. The number of carbonyl (C=O) groups is 3. The molecular weight excluding hydrogens is 853 g/mol. The van der Waals surface area contributed by atoms with Crippen molar-refractivity contribution in [1.29, 1.82) is 0 Å². The average Bonchev–Trinajstić information content (AvgIpc) is 3.35. The molecule has 6 heteroatoms. The molecule has 0 bridgehead atoms. The number of esters is 3. The minimum Gasteiger partial charge on any atom is -0.462 e. The summed E-state index contributed by atoms with van der Waals surface area (Å²) in [5, 5.41) is 0. The number of ether oxygens (including phenoxy) is 3. The topological polar surface area (TPSA) is 78.9 Å². The van der Waals surface area contributed by atoms with Gasteiger partial charge in [0.15, 0.2) is 6.10 Å². The van der Waals surface area contributed by atoms with E-state index in [1.54, 1.807) is 0 Å². The van der Waals surface area contributed by atoms with E-state index in [0.29, 0.717) is 19.3 Å². The van der Waals surface area contributed by atoms with Crippen LogP contribution < -0.4 is 0 Å². The molecule has 0 saturated carbocycles. The summed E-state index contributed by atoms with van der Waals surface area (Å²) in [6, 6.07) is 0. The second kappa shape index (κ2) is 57.2. The highest BCUT2D eigenvalue weighted by Gasteiger charge is 2.19. The maximum atomic E-state index is 12.9. The van der Waals surface area contributed by atoms with Gasteiger partial charge in [-0.3, -0.25) is 14.4 Å². The summed E-state index contributed by atoms with van der Waals surface area (Å²) in [4.78, 5) is 38.2. The van der Waals surface area contributed by atoms with E-state index in [0.717, 1.165) is 96.3 Å². The minimum atomic E-state index is -0.795. The molecule has 396 valence electrons. The number of unbranched alkanes of at least 4 members (excludes halogenated alkanes) is 27. The first-order valence-corrected chi connectivity index (χ1v) is 29.1. The highest BCUT2D eigenvalue weighted by Crippen LogP contribution is 2.15. The van der Waals surface area contributed by atoms with Crippen LogP contribution in [0.15, 0.2) is 85.1 Å². The Kier molecular flexibility index (Phi) is 54.3. The molecule has 0 aromatic carbocycles. The number of hydrogen-bond acceptors (Lipinski definition) is 6. The van der Waals surface area contributed by atoms with Crippen LogP contribution in [0.1, 0.15) is 278 Å². The molecule has 0 amide bonds. The van der Waals surface area contributed by atoms with Crippen molar-refractivity contribution >= 4 is 17.9 Å². The van der Waals surface area contributed by atoms with Gasteiger partial charge >= 0.3 is 17.9 Å². The van der Waals surface area contributed by atoms with Crippen LogP contribution in [0.5, 0.6) is 0 Å². The zero-order valence-corrected chi connectivity index (χ0v) is 45.3. The standard InChI is InChI=1S/C63H108O6/c1-4-7-10-13-16-19-22-25-28-30-31-33-35-38-41-44-47-50-53-56-62(65)68-59-60(58-67-61(64)55-52-49-46-43-40-37-34-27-24-21-18-15-12-9-6-3)69-63(66)57-54-51-48-45-42-39-36-32-29-26-23-20-17-14-11-8-5-2/h7,10,16,19,21,24-26,28-29,31,33,38,41,60H,4-6,8-9,11-15,17-18,20,22-23,27,30,32,34-37,39-40,42-59H2,1-3H3/b10-7-,19-16-,24-21-,28-25-,29-26-,33-31-,41-38-. The summed E-state index contributed by atoms with van der Waals surface area (Å²) in [6.45, 7) is 6.49. The first kappa shape index (κ1) is 65.6. The molecule has 0 rings (SSSR count). The van der Waals surface area contributed by atoms with Crippen LogP contribution in [-0.4, -0.2) is 37.2 Å². The summed E-state index contributed by atoms with van der Waals surface area (Å²) >= 11 is 0. The molecule has 0 fully saturated rings. The first-order chi connectivity index (χ1) is 34.0. The van der Waals surface area contributed by atoms with E-state index in [1.165, 1.54) is 141 Å². The summed E-state index contributed by atoms with van der Waals surface area (Å²) in [5.74, 6) is -0.926. The van der Waals surface area contributed by atoms with Crippen molar-refractivity contribution in [1.82, 2.24) is 0 Å².